The molecule has 0 radical (unpaired) electrons. The molecule has 2 aromatic heterocycles. The minimum Gasteiger partial charge on any atom is -0.396 e. The van der Waals surface area contributed by atoms with Crippen LogP contribution in [0, 0.1) is 0 Å². The summed E-state index contributed by atoms with van der Waals surface area (Å²) in [6.07, 6.45) is 0. The van der Waals surface area contributed by atoms with Crippen molar-refractivity contribution in [3.8, 4) is 0 Å². The van der Waals surface area contributed by atoms with Crippen molar-refractivity contribution in [3.05, 3.63) is 34.5 Å². The highest BCUT2D eigenvalue weighted by molar-refractivity contribution is 7.09. The van der Waals surface area contributed by atoms with Crippen LogP contribution in [0.15, 0.2) is 29.6 Å². The SMILES string of the molecule is CC(C)N(Cc1cccs1)c1ccc(N)c(N)n1. The van der Waals surface area contributed by atoms with Crippen LogP contribution in [0.4, 0.5) is 17.3 Å². The molecular formula is C13H18N4S. The molecule has 0 saturated carbocycles. The Bertz CT molecular complexity index is 508. The van der Waals surface area contributed by atoms with Crippen molar-refractivity contribution in [1.82, 2.24) is 4.98 Å². The minimum atomic E-state index is 0.350. The Hall–Kier alpha value is -1.75. The predicted octanol–water partition coefficient (Wildman–Crippen LogP) is 2.72. The topological polar surface area (TPSA) is 68.2 Å². The van der Waals surface area contributed by atoms with E-state index in [4.69, 9.17) is 11.5 Å². The van der Waals surface area contributed by atoms with Gasteiger partial charge in [0.2, 0.25) is 0 Å². The highest BCUT2D eigenvalue weighted by atomic mass is 32.1. The third kappa shape index (κ3) is 2.73. The molecule has 0 bridgehead atoms. The van der Waals surface area contributed by atoms with E-state index in [9.17, 15) is 0 Å². The standard InChI is InChI=1S/C13H18N4S/c1-9(2)17(8-10-4-3-7-18-10)12-6-5-11(14)13(15)16-12/h3-7,9H,8,14H2,1-2H3,(H2,15,16). The van der Waals surface area contributed by atoms with Gasteiger partial charge in [0, 0.05) is 10.9 Å². The fraction of sp³-hybridized carbons (Fsp3) is 0.308. The Morgan fingerprint density at radius 2 is 2.06 bits per heavy atom. The van der Waals surface area contributed by atoms with Crippen LogP contribution in [0.1, 0.15) is 18.7 Å². The average Bonchev–Trinajstić information content (AvgIpc) is 2.82. The Balaban J connectivity index is 2.26. The summed E-state index contributed by atoms with van der Waals surface area (Å²) >= 11 is 1.75. The molecule has 2 rings (SSSR count). The molecule has 0 aliphatic carbocycles. The number of pyridine rings is 1. The smallest absolute Gasteiger partial charge is 0.149 e. The first kappa shape index (κ1) is 12.7. The van der Waals surface area contributed by atoms with Crippen molar-refractivity contribution in [2.45, 2.75) is 26.4 Å². The summed E-state index contributed by atoms with van der Waals surface area (Å²) in [6.45, 7) is 5.12. The molecule has 2 heterocycles. The first-order valence-corrected chi connectivity index (χ1v) is 6.77. The van der Waals surface area contributed by atoms with E-state index in [1.807, 2.05) is 12.1 Å². The van der Waals surface area contributed by atoms with E-state index in [0.717, 1.165) is 12.4 Å². The van der Waals surface area contributed by atoms with E-state index in [2.05, 4.69) is 41.2 Å². The average molecular weight is 262 g/mol. The van der Waals surface area contributed by atoms with Gasteiger partial charge in [0.05, 0.1) is 12.2 Å². The van der Waals surface area contributed by atoms with Crippen molar-refractivity contribution in [3.63, 3.8) is 0 Å². The van der Waals surface area contributed by atoms with Gasteiger partial charge in [0.25, 0.3) is 0 Å². The largest absolute Gasteiger partial charge is 0.396 e. The highest BCUT2D eigenvalue weighted by Crippen LogP contribution is 2.23. The summed E-state index contributed by atoms with van der Waals surface area (Å²) in [6, 6.07) is 8.26. The van der Waals surface area contributed by atoms with Gasteiger partial charge in [-0.25, -0.2) is 4.98 Å². The molecular weight excluding hydrogens is 244 g/mol. The summed E-state index contributed by atoms with van der Waals surface area (Å²) in [5.41, 5.74) is 12.0. The van der Waals surface area contributed by atoms with Crippen LogP contribution in [-0.2, 0) is 6.54 Å². The monoisotopic (exact) mass is 262 g/mol. The fourth-order valence-electron chi connectivity index (χ4n) is 1.73. The second-order valence-corrected chi connectivity index (χ2v) is 5.48. The van der Waals surface area contributed by atoms with Gasteiger partial charge in [0.1, 0.15) is 11.6 Å². The number of nitrogens with two attached hydrogens (primary N) is 2. The van der Waals surface area contributed by atoms with Gasteiger partial charge in [-0.15, -0.1) is 11.3 Å². The first-order chi connectivity index (χ1) is 8.58. The molecule has 0 aromatic carbocycles. The van der Waals surface area contributed by atoms with Gasteiger partial charge < -0.3 is 16.4 Å². The van der Waals surface area contributed by atoms with Crippen molar-refractivity contribution < 1.29 is 0 Å². The Labute approximate surface area is 111 Å². The fourth-order valence-corrected chi connectivity index (χ4v) is 2.44. The van der Waals surface area contributed by atoms with Gasteiger partial charge in [-0.2, -0.15) is 0 Å². The number of aromatic nitrogens is 1. The summed E-state index contributed by atoms with van der Waals surface area (Å²) in [7, 11) is 0. The first-order valence-electron chi connectivity index (χ1n) is 5.89. The summed E-state index contributed by atoms with van der Waals surface area (Å²) in [5, 5.41) is 2.08. The molecule has 0 amide bonds. The molecule has 0 atom stereocenters. The highest BCUT2D eigenvalue weighted by Gasteiger charge is 2.14. The molecule has 0 aliphatic heterocycles. The maximum Gasteiger partial charge on any atom is 0.149 e. The summed E-state index contributed by atoms with van der Waals surface area (Å²) in [4.78, 5) is 7.87. The molecule has 4 nitrogen and oxygen atoms in total. The lowest BCUT2D eigenvalue weighted by Crippen LogP contribution is -2.30. The molecule has 4 N–H and O–H groups in total. The maximum absolute atomic E-state index is 5.77. The number of nitrogen functional groups attached to an aromatic ring is 2. The maximum atomic E-state index is 5.77. The van der Waals surface area contributed by atoms with E-state index in [1.54, 1.807) is 11.3 Å². The van der Waals surface area contributed by atoms with Crippen LogP contribution < -0.4 is 16.4 Å². The third-order valence-corrected chi connectivity index (χ3v) is 3.63. The van der Waals surface area contributed by atoms with Gasteiger partial charge in [-0.3, -0.25) is 0 Å². The molecule has 2 aromatic rings. The van der Waals surface area contributed by atoms with Crippen molar-refractivity contribution in [1.29, 1.82) is 0 Å². The Morgan fingerprint density at radius 1 is 1.28 bits per heavy atom. The number of hydrogen-bond donors (Lipinski definition) is 2. The predicted molar refractivity (Wildman–Crippen MR) is 78.7 cm³/mol. The van der Waals surface area contributed by atoms with Gasteiger partial charge in [-0.05, 0) is 37.4 Å². The quantitative estimate of drug-likeness (QED) is 0.889. The van der Waals surface area contributed by atoms with Crippen molar-refractivity contribution in [2.24, 2.45) is 0 Å². The minimum absolute atomic E-state index is 0.350. The Morgan fingerprint density at radius 3 is 2.61 bits per heavy atom. The number of rotatable bonds is 4. The summed E-state index contributed by atoms with van der Waals surface area (Å²) in [5.74, 6) is 1.26. The van der Waals surface area contributed by atoms with Crippen LogP contribution in [0.3, 0.4) is 0 Å². The number of thiophene rings is 1. The van der Waals surface area contributed by atoms with Crippen LogP contribution >= 0.6 is 11.3 Å². The van der Waals surface area contributed by atoms with Crippen molar-refractivity contribution in [2.75, 3.05) is 16.4 Å². The normalized spacial score (nSPS) is 10.8. The number of anilines is 3. The Kier molecular flexibility index (Phi) is 3.72. The zero-order valence-corrected chi connectivity index (χ0v) is 11.4. The molecule has 18 heavy (non-hydrogen) atoms. The molecule has 0 saturated heterocycles. The zero-order valence-electron chi connectivity index (χ0n) is 10.6. The molecule has 96 valence electrons. The summed E-state index contributed by atoms with van der Waals surface area (Å²) < 4.78 is 0. The lowest BCUT2D eigenvalue weighted by Gasteiger charge is -2.27. The van der Waals surface area contributed by atoms with Crippen LogP contribution in [-0.4, -0.2) is 11.0 Å². The second-order valence-electron chi connectivity index (χ2n) is 4.44. The lowest BCUT2D eigenvalue weighted by molar-refractivity contribution is 0.678. The lowest BCUT2D eigenvalue weighted by atomic mass is 10.2. The van der Waals surface area contributed by atoms with Gasteiger partial charge in [-0.1, -0.05) is 6.07 Å². The van der Waals surface area contributed by atoms with E-state index in [-0.39, 0.29) is 0 Å². The van der Waals surface area contributed by atoms with E-state index < -0.39 is 0 Å². The van der Waals surface area contributed by atoms with E-state index in [1.165, 1.54) is 4.88 Å². The number of nitrogens with zero attached hydrogens (tertiary/aromatic N) is 2. The van der Waals surface area contributed by atoms with E-state index >= 15 is 0 Å². The number of hydrogen-bond acceptors (Lipinski definition) is 5. The van der Waals surface area contributed by atoms with E-state index in [0.29, 0.717) is 17.5 Å². The van der Waals surface area contributed by atoms with Gasteiger partial charge >= 0.3 is 0 Å². The molecule has 0 fully saturated rings. The van der Waals surface area contributed by atoms with Crippen LogP contribution in [0.25, 0.3) is 0 Å². The van der Waals surface area contributed by atoms with Crippen LogP contribution in [0.2, 0.25) is 0 Å². The molecule has 0 aliphatic rings. The molecule has 0 spiro atoms. The van der Waals surface area contributed by atoms with Crippen molar-refractivity contribution >= 4 is 28.7 Å². The zero-order chi connectivity index (χ0) is 13.1. The molecule has 5 heteroatoms. The second kappa shape index (κ2) is 5.27. The van der Waals surface area contributed by atoms with Gasteiger partial charge in [0.15, 0.2) is 0 Å². The van der Waals surface area contributed by atoms with Crippen LogP contribution in [0.5, 0.6) is 0 Å². The third-order valence-electron chi connectivity index (χ3n) is 2.77. The molecule has 0 unspecified atom stereocenters.